The summed E-state index contributed by atoms with van der Waals surface area (Å²) in [7, 11) is 4.41. The summed E-state index contributed by atoms with van der Waals surface area (Å²) in [5.41, 5.74) is 0.761. The van der Waals surface area contributed by atoms with Crippen molar-refractivity contribution < 1.29 is 0 Å². The molecule has 0 aromatic carbocycles. The second-order valence-electron chi connectivity index (χ2n) is 7.40. The molecule has 1 N–H and O–H groups in total. The van der Waals surface area contributed by atoms with Crippen LogP contribution < -0.4 is 5.32 Å². The summed E-state index contributed by atoms with van der Waals surface area (Å²) in [5.74, 6) is 1.77. The van der Waals surface area contributed by atoms with Gasteiger partial charge in [-0.25, -0.2) is 0 Å². The monoisotopic (exact) mass is 252 g/mol. The highest BCUT2D eigenvalue weighted by Crippen LogP contribution is 2.54. The minimum atomic E-state index is 0.761. The van der Waals surface area contributed by atoms with Crippen molar-refractivity contribution in [3.05, 3.63) is 0 Å². The van der Waals surface area contributed by atoms with Gasteiger partial charge in [-0.2, -0.15) is 0 Å². The topological polar surface area (TPSA) is 15.3 Å². The average molecular weight is 252 g/mol. The van der Waals surface area contributed by atoms with Crippen LogP contribution >= 0.6 is 0 Å². The van der Waals surface area contributed by atoms with Gasteiger partial charge in [0.15, 0.2) is 0 Å². The first-order valence-electron chi connectivity index (χ1n) is 7.89. The maximum Gasteiger partial charge on any atom is 0.00927 e. The molecule has 0 amide bonds. The highest BCUT2D eigenvalue weighted by Gasteiger charge is 2.45. The Kier molecular flexibility index (Phi) is 4.71. The van der Waals surface area contributed by atoms with Crippen molar-refractivity contribution in [1.29, 1.82) is 0 Å². The van der Waals surface area contributed by atoms with E-state index in [-0.39, 0.29) is 0 Å². The molecule has 2 saturated carbocycles. The molecule has 0 unspecified atom stereocenters. The van der Waals surface area contributed by atoms with Gasteiger partial charge in [0.25, 0.3) is 0 Å². The van der Waals surface area contributed by atoms with E-state index < -0.39 is 0 Å². The van der Waals surface area contributed by atoms with Crippen LogP contribution in [0.2, 0.25) is 0 Å². The van der Waals surface area contributed by atoms with Gasteiger partial charge in [-0.1, -0.05) is 13.8 Å². The van der Waals surface area contributed by atoms with Gasteiger partial charge in [0.05, 0.1) is 0 Å². The third-order valence-corrected chi connectivity index (χ3v) is 5.23. The third kappa shape index (κ3) is 3.27. The smallest absolute Gasteiger partial charge is 0.00927 e. The van der Waals surface area contributed by atoms with Crippen LogP contribution in [0.25, 0.3) is 0 Å². The first-order valence-corrected chi connectivity index (χ1v) is 7.89. The minimum absolute atomic E-state index is 0.761. The minimum Gasteiger partial charge on any atom is -0.319 e. The quantitative estimate of drug-likeness (QED) is 0.809. The Morgan fingerprint density at radius 3 is 2.33 bits per heavy atom. The third-order valence-electron chi connectivity index (χ3n) is 5.23. The van der Waals surface area contributed by atoms with Crippen LogP contribution in [0.15, 0.2) is 0 Å². The van der Waals surface area contributed by atoms with Crippen molar-refractivity contribution in [2.45, 2.75) is 58.4 Å². The van der Waals surface area contributed by atoms with Crippen LogP contribution in [-0.4, -0.2) is 38.1 Å². The van der Waals surface area contributed by atoms with E-state index in [1.807, 2.05) is 0 Å². The van der Waals surface area contributed by atoms with E-state index >= 15 is 0 Å². The van der Waals surface area contributed by atoms with Crippen molar-refractivity contribution in [2.24, 2.45) is 17.3 Å². The second-order valence-corrected chi connectivity index (χ2v) is 7.40. The normalized spacial score (nSPS) is 36.3. The van der Waals surface area contributed by atoms with E-state index in [1.165, 1.54) is 51.6 Å². The highest BCUT2D eigenvalue weighted by molar-refractivity contribution is 4.98. The van der Waals surface area contributed by atoms with E-state index in [0.717, 1.165) is 23.3 Å². The van der Waals surface area contributed by atoms with Gasteiger partial charge >= 0.3 is 0 Å². The Hall–Kier alpha value is -0.0800. The number of rotatable bonds is 5. The molecule has 106 valence electrons. The fourth-order valence-corrected chi connectivity index (χ4v) is 4.39. The highest BCUT2D eigenvalue weighted by atomic mass is 15.1. The van der Waals surface area contributed by atoms with Crippen molar-refractivity contribution in [2.75, 3.05) is 27.2 Å². The molecule has 0 aromatic rings. The molecule has 18 heavy (non-hydrogen) atoms. The van der Waals surface area contributed by atoms with Crippen LogP contribution in [0.3, 0.4) is 0 Å². The molecule has 0 bridgehead atoms. The molecule has 0 atom stereocenters. The summed E-state index contributed by atoms with van der Waals surface area (Å²) in [4.78, 5) is 2.61. The number of hydrogen-bond donors (Lipinski definition) is 1. The van der Waals surface area contributed by atoms with Gasteiger partial charge in [0.2, 0.25) is 0 Å². The summed E-state index contributed by atoms with van der Waals surface area (Å²) in [6.07, 6.45) is 8.84. The van der Waals surface area contributed by atoms with Crippen LogP contribution in [0, 0.1) is 17.3 Å². The summed E-state index contributed by atoms with van der Waals surface area (Å²) >= 11 is 0. The molecule has 2 nitrogen and oxygen atoms in total. The van der Waals surface area contributed by atoms with Gasteiger partial charge in [0, 0.05) is 12.6 Å². The lowest BCUT2D eigenvalue weighted by Gasteiger charge is -2.53. The standard InChI is InChI=1S/C16H32N2/c1-13(2)12-18(4)15-5-7-16(8-6-15)9-14(10-16)11-17-3/h13-15,17H,5-12H2,1-4H3. The molecule has 0 aliphatic heterocycles. The van der Waals surface area contributed by atoms with Gasteiger partial charge in [-0.05, 0) is 76.4 Å². The lowest BCUT2D eigenvalue weighted by molar-refractivity contribution is -0.00881. The molecule has 0 radical (unpaired) electrons. The predicted molar refractivity (Wildman–Crippen MR) is 78.8 cm³/mol. The van der Waals surface area contributed by atoms with Crippen molar-refractivity contribution >= 4 is 0 Å². The maximum absolute atomic E-state index is 3.33. The largest absolute Gasteiger partial charge is 0.319 e. The average Bonchev–Trinajstić information content (AvgIpc) is 2.27. The Labute approximate surface area is 114 Å². The van der Waals surface area contributed by atoms with Crippen molar-refractivity contribution in [3.8, 4) is 0 Å². The predicted octanol–water partition coefficient (Wildman–Crippen LogP) is 3.13. The zero-order valence-electron chi connectivity index (χ0n) is 12.8. The molecule has 1 spiro atoms. The molecule has 0 aromatic heterocycles. The summed E-state index contributed by atoms with van der Waals surface area (Å²) in [6.45, 7) is 7.16. The van der Waals surface area contributed by atoms with Crippen LogP contribution in [0.1, 0.15) is 52.4 Å². The summed E-state index contributed by atoms with van der Waals surface area (Å²) in [5, 5.41) is 3.33. The molecule has 2 fully saturated rings. The Morgan fingerprint density at radius 1 is 1.22 bits per heavy atom. The lowest BCUT2D eigenvalue weighted by Crippen LogP contribution is -2.47. The zero-order chi connectivity index (χ0) is 13.2. The van der Waals surface area contributed by atoms with Gasteiger partial charge in [0.1, 0.15) is 0 Å². The number of hydrogen-bond acceptors (Lipinski definition) is 2. The van der Waals surface area contributed by atoms with Gasteiger partial charge in [-0.3, -0.25) is 0 Å². The Morgan fingerprint density at radius 2 is 1.83 bits per heavy atom. The van der Waals surface area contributed by atoms with E-state index in [4.69, 9.17) is 0 Å². The molecule has 2 aliphatic carbocycles. The van der Waals surface area contributed by atoms with E-state index in [0.29, 0.717) is 0 Å². The first kappa shape index (κ1) is 14.3. The van der Waals surface area contributed by atoms with Gasteiger partial charge < -0.3 is 10.2 Å². The molecular weight excluding hydrogens is 220 g/mol. The van der Waals surface area contributed by atoms with E-state index in [1.54, 1.807) is 0 Å². The lowest BCUT2D eigenvalue weighted by atomic mass is 9.55. The summed E-state index contributed by atoms with van der Waals surface area (Å²) in [6, 6.07) is 0.862. The second kappa shape index (κ2) is 5.92. The van der Waals surface area contributed by atoms with E-state index in [9.17, 15) is 0 Å². The zero-order valence-corrected chi connectivity index (χ0v) is 12.8. The molecular formula is C16H32N2. The summed E-state index contributed by atoms with van der Waals surface area (Å²) < 4.78 is 0. The van der Waals surface area contributed by atoms with Crippen LogP contribution in [-0.2, 0) is 0 Å². The Bertz CT molecular complexity index is 246. The fraction of sp³-hybridized carbons (Fsp3) is 1.00. The fourth-order valence-electron chi connectivity index (χ4n) is 4.39. The van der Waals surface area contributed by atoms with Crippen LogP contribution in [0.4, 0.5) is 0 Å². The molecule has 2 rings (SSSR count). The molecule has 2 heteroatoms. The van der Waals surface area contributed by atoms with Crippen molar-refractivity contribution in [1.82, 2.24) is 10.2 Å². The first-order chi connectivity index (χ1) is 8.54. The molecule has 2 aliphatic rings. The SMILES string of the molecule is CNCC1CC2(CCC(N(C)CC(C)C)CC2)C1. The van der Waals surface area contributed by atoms with E-state index in [2.05, 4.69) is 38.2 Å². The Balaban J connectivity index is 1.72. The van der Waals surface area contributed by atoms with Crippen LogP contribution in [0.5, 0.6) is 0 Å². The molecule has 0 saturated heterocycles. The number of nitrogens with one attached hydrogen (secondary N) is 1. The molecule has 0 heterocycles. The number of nitrogens with zero attached hydrogens (tertiary/aromatic N) is 1. The van der Waals surface area contributed by atoms with Gasteiger partial charge in [-0.15, -0.1) is 0 Å². The maximum atomic E-state index is 3.33. The van der Waals surface area contributed by atoms with Crippen molar-refractivity contribution in [3.63, 3.8) is 0 Å².